The second kappa shape index (κ2) is 6.54. The van der Waals surface area contributed by atoms with Gasteiger partial charge in [0, 0.05) is 30.1 Å². The standard InChI is InChI=1S/C16H24N4O3/c1-5-10(2)16(4,23)9-17-14(21)8-12-11(3)19-13-6-7-18-20(13)15(12)22/h6-7,10,18,23H,5,8-9H2,1-4H3,(H,17,21). The Kier molecular flexibility index (Phi) is 4.89. The molecular formula is C16H24N4O3. The monoisotopic (exact) mass is 320 g/mol. The third-order valence-corrected chi connectivity index (χ3v) is 4.50. The SMILES string of the molecule is CCC(C)C(C)(O)CNC(=O)Cc1c(C)nc2cc[nH]n2c1=O. The first-order valence-corrected chi connectivity index (χ1v) is 7.81. The van der Waals surface area contributed by atoms with Gasteiger partial charge in [-0.1, -0.05) is 20.3 Å². The quantitative estimate of drug-likeness (QED) is 0.732. The lowest BCUT2D eigenvalue weighted by Crippen LogP contribution is -2.45. The van der Waals surface area contributed by atoms with Crippen molar-refractivity contribution in [2.24, 2.45) is 5.92 Å². The molecule has 1 amide bonds. The molecule has 0 aromatic carbocycles. The Hall–Kier alpha value is -2.15. The Morgan fingerprint density at radius 3 is 2.91 bits per heavy atom. The molecule has 0 spiro atoms. The summed E-state index contributed by atoms with van der Waals surface area (Å²) in [7, 11) is 0. The molecule has 2 atom stereocenters. The lowest BCUT2D eigenvalue weighted by Gasteiger charge is -2.29. The number of nitrogens with zero attached hydrogens (tertiary/aromatic N) is 2. The second-order valence-electron chi connectivity index (χ2n) is 6.26. The van der Waals surface area contributed by atoms with Gasteiger partial charge in [-0.05, 0) is 19.8 Å². The highest BCUT2D eigenvalue weighted by Gasteiger charge is 2.27. The average molecular weight is 320 g/mol. The number of aliphatic hydroxyl groups is 1. The first kappa shape index (κ1) is 17.2. The summed E-state index contributed by atoms with van der Waals surface area (Å²) < 4.78 is 1.31. The third kappa shape index (κ3) is 3.61. The van der Waals surface area contributed by atoms with Gasteiger partial charge in [0.15, 0.2) is 5.65 Å². The van der Waals surface area contributed by atoms with Crippen LogP contribution in [0.5, 0.6) is 0 Å². The smallest absolute Gasteiger partial charge is 0.276 e. The number of H-pyrrole nitrogens is 1. The summed E-state index contributed by atoms with van der Waals surface area (Å²) in [5.41, 5.74) is 0.164. The molecule has 0 aliphatic heterocycles. The number of aromatic amines is 1. The predicted molar refractivity (Wildman–Crippen MR) is 87.3 cm³/mol. The van der Waals surface area contributed by atoms with Crippen LogP contribution in [0.15, 0.2) is 17.1 Å². The van der Waals surface area contributed by atoms with E-state index < -0.39 is 5.60 Å². The van der Waals surface area contributed by atoms with E-state index in [0.29, 0.717) is 16.9 Å². The lowest BCUT2D eigenvalue weighted by atomic mass is 9.88. The van der Waals surface area contributed by atoms with Gasteiger partial charge in [-0.15, -0.1) is 0 Å². The fourth-order valence-electron chi connectivity index (χ4n) is 2.42. The van der Waals surface area contributed by atoms with Crippen molar-refractivity contribution in [1.29, 1.82) is 0 Å². The molecule has 3 N–H and O–H groups in total. The molecule has 23 heavy (non-hydrogen) atoms. The minimum Gasteiger partial charge on any atom is -0.388 e. The van der Waals surface area contributed by atoms with Crippen LogP contribution in [0, 0.1) is 12.8 Å². The van der Waals surface area contributed by atoms with E-state index in [2.05, 4.69) is 15.4 Å². The van der Waals surface area contributed by atoms with Crippen molar-refractivity contribution >= 4 is 11.6 Å². The molecule has 0 saturated carbocycles. The summed E-state index contributed by atoms with van der Waals surface area (Å²) in [6.45, 7) is 7.49. The summed E-state index contributed by atoms with van der Waals surface area (Å²) in [5.74, 6) is -0.241. The largest absolute Gasteiger partial charge is 0.388 e. The molecule has 126 valence electrons. The number of aromatic nitrogens is 3. The molecule has 7 heteroatoms. The number of amides is 1. The van der Waals surface area contributed by atoms with Crippen molar-refractivity contribution in [3.63, 3.8) is 0 Å². The van der Waals surface area contributed by atoms with Gasteiger partial charge in [0.05, 0.1) is 12.0 Å². The molecule has 0 radical (unpaired) electrons. The Morgan fingerprint density at radius 2 is 2.26 bits per heavy atom. The van der Waals surface area contributed by atoms with E-state index in [4.69, 9.17) is 0 Å². The maximum atomic E-state index is 12.4. The fourth-order valence-corrected chi connectivity index (χ4v) is 2.42. The number of nitrogens with one attached hydrogen (secondary N) is 2. The molecule has 2 aromatic heterocycles. The first-order chi connectivity index (χ1) is 10.8. The zero-order valence-corrected chi connectivity index (χ0v) is 14.0. The minimum atomic E-state index is -0.976. The highest BCUT2D eigenvalue weighted by Crippen LogP contribution is 2.18. The van der Waals surface area contributed by atoms with Gasteiger partial charge in [-0.2, -0.15) is 0 Å². The molecule has 0 aliphatic rings. The van der Waals surface area contributed by atoms with Crippen molar-refractivity contribution in [3.05, 3.63) is 33.9 Å². The van der Waals surface area contributed by atoms with Crippen molar-refractivity contribution in [2.45, 2.75) is 46.1 Å². The van der Waals surface area contributed by atoms with Gasteiger partial charge in [-0.3, -0.25) is 14.7 Å². The molecule has 2 heterocycles. The number of rotatable bonds is 6. The third-order valence-electron chi connectivity index (χ3n) is 4.50. The molecule has 0 bridgehead atoms. The van der Waals surface area contributed by atoms with Crippen LogP contribution in [0.25, 0.3) is 5.65 Å². The van der Waals surface area contributed by atoms with E-state index in [1.165, 1.54) is 4.52 Å². The zero-order valence-electron chi connectivity index (χ0n) is 14.0. The lowest BCUT2D eigenvalue weighted by molar-refractivity contribution is -0.122. The van der Waals surface area contributed by atoms with Crippen LogP contribution in [0.4, 0.5) is 0 Å². The summed E-state index contributed by atoms with van der Waals surface area (Å²) in [6.07, 6.45) is 2.38. The predicted octanol–water partition coefficient (Wildman–Crippen LogP) is 0.787. The summed E-state index contributed by atoms with van der Waals surface area (Å²) in [4.78, 5) is 28.8. The zero-order chi connectivity index (χ0) is 17.2. The molecule has 2 rings (SSSR count). The molecule has 0 saturated heterocycles. The van der Waals surface area contributed by atoms with Crippen LogP contribution in [-0.2, 0) is 11.2 Å². The summed E-state index contributed by atoms with van der Waals surface area (Å²) in [5, 5.41) is 15.8. The normalized spacial score (nSPS) is 15.3. The van der Waals surface area contributed by atoms with Crippen LogP contribution in [0.1, 0.15) is 38.4 Å². The van der Waals surface area contributed by atoms with Crippen LogP contribution < -0.4 is 10.9 Å². The average Bonchev–Trinajstić information content (AvgIpc) is 2.96. The highest BCUT2D eigenvalue weighted by molar-refractivity contribution is 5.78. The number of carbonyl (C=O) groups is 1. The molecule has 2 unspecified atom stereocenters. The van der Waals surface area contributed by atoms with Crippen LogP contribution in [0.3, 0.4) is 0 Å². The Bertz CT molecular complexity index is 760. The van der Waals surface area contributed by atoms with Gasteiger partial charge < -0.3 is 10.4 Å². The van der Waals surface area contributed by atoms with Gasteiger partial charge in [0.2, 0.25) is 5.91 Å². The van der Waals surface area contributed by atoms with E-state index >= 15 is 0 Å². The Balaban J connectivity index is 2.11. The Labute approximate surface area is 134 Å². The fraction of sp³-hybridized carbons (Fsp3) is 0.562. The highest BCUT2D eigenvalue weighted by atomic mass is 16.3. The van der Waals surface area contributed by atoms with Crippen molar-refractivity contribution in [3.8, 4) is 0 Å². The van der Waals surface area contributed by atoms with E-state index in [1.54, 1.807) is 26.1 Å². The van der Waals surface area contributed by atoms with E-state index in [9.17, 15) is 14.7 Å². The van der Waals surface area contributed by atoms with Crippen molar-refractivity contribution < 1.29 is 9.90 Å². The minimum absolute atomic E-state index is 0.0593. The Morgan fingerprint density at radius 1 is 1.57 bits per heavy atom. The maximum Gasteiger partial charge on any atom is 0.276 e. The molecule has 0 aliphatic carbocycles. The van der Waals surface area contributed by atoms with E-state index in [-0.39, 0.29) is 30.3 Å². The van der Waals surface area contributed by atoms with Gasteiger partial charge in [0.25, 0.3) is 5.56 Å². The van der Waals surface area contributed by atoms with Crippen LogP contribution >= 0.6 is 0 Å². The molecule has 2 aromatic rings. The molecular weight excluding hydrogens is 296 g/mol. The van der Waals surface area contributed by atoms with Crippen LogP contribution in [-0.4, -0.2) is 37.8 Å². The summed E-state index contributed by atoms with van der Waals surface area (Å²) in [6, 6.07) is 1.70. The van der Waals surface area contributed by atoms with E-state index in [0.717, 1.165) is 6.42 Å². The first-order valence-electron chi connectivity index (χ1n) is 7.81. The maximum absolute atomic E-state index is 12.4. The van der Waals surface area contributed by atoms with Gasteiger partial charge >= 0.3 is 0 Å². The number of hydrogen-bond acceptors (Lipinski definition) is 4. The van der Waals surface area contributed by atoms with Crippen molar-refractivity contribution in [2.75, 3.05) is 6.54 Å². The topological polar surface area (TPSA) is 99.5 Å². The van der Waals surface area contributed by atoms with Crippen molar-refractivity contribution in [1.82, 2.24) is 19.9 Å². The molecule has 7 nitrogen and oxygen atoms in total. The number of fused-ring (bicyclic) bond motifs is 1. The molecule has 0 fully saturated rings. The second-order valence-corrected chi connectivity index (χ2v) is 6.26. The number of carbonyl (C=O) groups excluding carboxylic acids is 1. The van der Waals surface area contributed by atoms with Gasteiger partial charge in [0.1, 0.15) is 0 Å². The summed E-state index contributed by atoms with van der Waals surface area (Å²) >= 11 is 0. The van der Waals surface area contributed by atoms with Crippen LogP contribution in [0.2, 0.25) is 0 Å². The number of hydrogen-bond donors (Lipinski definition) is 3. The van der Waals surface area contributed by atoms with Gasteiger partial charge in [-0.25, -0.2) is 9.50 Å². The van der Waals surface area contributed by atoms with E-state index in [1.807, 2.05) is 13.8 Å². The number of aryl methyl sites for hydroxylation is 1.